The summed E-state index contributed by atoms with van der Waals surface area (Å²) in [6.45, 7) is 15.5. The molecule has 2 aromatic heterocycles. The van der Waals surface area contributed by atoms with E-state index >= 15 is 0 Å². The number of aromatic carboxylic acids is 2. The van der Waals surface area contributed by atoms with Gasteiger partial charge in [0.25, 0.3) is 22.2 Å². The predicted octanol–water partition coefficient (Wildman–Crippen LogP) is 16.8. The Kier molecular flexibility index (Phi) is 10.7. The summed E-state index contributed by atoms with van der Waals surface area (Å²) in [5, 5.41) is 41.2. The molecule has 10 nitrogen and oxygen atoms in total. The summed E-state index contributed by atoms with van der Waals surface area (Å²) in [7, 11) is 0. The number of rotatable bonds is 8. The third kappa shape index (κ3) is 6.97. The lowest BCUT2D eigenvalue weighted by atomic mass is 9.89. The van der Waals surface area contributed by atoms with Crippen molar-refractivity contribution < 1.29 is 19.8 Å². The van der Waals surface area contributed by atoms with Crippen molar-refractivity contribution in [2.75, 3.05) is 0 Å². The summed E-state index contributed by atoms with van der Waals surface area (Å²) in [5.74, 6) is -2.81. The van der Waals surface area contributed by atoms with Crippen molar-refractivity contribution >= 4 is 141 Å². The van der Waals surface area contributed by atoms with Gasteiger partial charge in [-0.1, -0.05) is 104 Å². The molecule has 2 heterocycles. The predicted molar refractivity (Wildman–Crippen MR) is 344 cm³/mol. The van der Waals surface area contributed by atoms with Crippen LogP contribution in [0.1, 0.15) is 122 Å². The summed E-state index contributed by atoms with van der Waals surface area (Å²) in [6, 6.07) is 48.2. The second-order valence-electron chi connectivity index (χ2n) is 24.4. The monoisotopic (exact) mass is 1100 g/mol. The molecule has 0 amide bonds. The van der Waals surface area contributed by atoms with Crippen molar-refractivity contribution in [3.8, 4) is 11.4 Å². The standard InChI is InChI=1S/C74H54N2O8/c1-33(2)55-29-45(73(81)82)30-56(34(3)4)67(55)75-69(77)51-17-13-47-59-25-41-21-37-9-11-39-23-43-27-61-49-15-19-53-66-54(72(80)76(71(53)79)68-57(35(5)6)31-46(74(83)84)32-58(68)36(7)8)20-16-50(64(49)66)62(61)28-44(43)24-40(39)12-10-38(37)22-42(41)26-60(59)48-14-18-52(70(75)78)65(51)63(47)48/h9-36H,1-8H3,(H,81,82)(H,83,84). The number of aromatic nitrogens is 2. The van der Waals surface area contributed by atoms with Gasteiger partial charge in [-0.25, -0.2) is 18.7 Å². The minimum absolute atomic E-state index is 0.122. The van der Waals surface area contributed by atoms with Crippen molar-refractivity contribution in [3.05, 3.63) is 220 Å². The van der Waals surface area contributed by atoms with Crippen LogP contribution in [0.3, 0.4) is 0 Å². The lowest BCUT2D eigenvalue weighted by molar-refractivity contribution is 0.0686. The van der Waals surface area contributed by atoms with E-state index in [2.05, 4.69) is 72.8 Å². The van der Waals surface area contributed by atoms with Gasteiger partial charge < -0.3 is 10.2 Å². The molecule has 0 saturated heterocycles. The maximum absolute atomic E-state index is 14.9. The molecule has 15 aromatic rings. The summed E-state index contributed by atoms with van der Waals surface area (Å²) < 4.78 is 2.56. The van der Waals surface area contributed by atoms with Gasteiger partial charge in [0.1, 0.15) is 0 Å². The number of hydrogen-bond acceptors (Lipinski definition) is 6. The molecule has 0 aliphatic heterocycles. The molecule has 0 saturated carbocycles. The first-order valence-electron chi connectivity index (χ1n) is 28.7. The molecule has 0 aliphatic rings. The van der Waals surface area contributed by atoms with Crippen molar-refractivity contribution in [2.45, 2.75) is 79.1 Å². The van der Waals surface area contributed by atoms with Crippen LogP contribution < -0.4 is 22.2 Å². The molecule has 0 bridgehead atoms. The fourth-order valence-electron chi connectivity index (χ4n) is 14.2. The van der Waals surface area contributed by atoms with Gasteiger partial charge in [-0.2, -0.15) is 0 Å². The summed E-state index contributed by atoms with van der Waals surface area (Å²) in [4.78, 5) is 84.0. The van der Waals surface area contributed by atoms with Crippen molar-refractivity contribution in [1.82, 2.24) is 9.13 Å². The number of carboxylic acid groups (broad SMARTS) is 2. The topological polar surface area (TPSA) is 153 Å². The van der Waals surface area contributed by atoms with Crippen molar-refractivity contribution in [3.63, 3.8) is 0 Å². The molecular formula is C74H54N2O8. The zero-order valence-electron chi connectivity index (χ0n) is 47.4. The Labute approximate surface area is 478 Å². The Morgan fingerprint density at radius 1 is 0.286 bits per heavy atom. The van der Waals surface area contributed by atoms with Crippen LogP contribution >= 0.6 is 0 Å². The number of nitrogens with zero attached hydrogens (tertiary/aromatic N) is 2. The summed E-state index contributed by atoms with van der Waals surface area (Å²) in [6.07, 6.45) is 0. The zero-order valence-corrected chi connectivity index (χ0v) is 47.4. The third-order valence-electron chi connectivity index (χ3n) is 18.2. The minimum atomic E-state index is -1.06. The first-order valence-corrected chi connectivity index (χ1v) is 28.7. The van der Waals surface area contributed by atoms with Gasteiger partial charge in [0.15, 0.2) is 0 Å². The highest BCUT2D eigenvalue weighted by molar-refractivity contribution is 6.38. The Morgan fingerprint density at radius 2 is 0.500 bits per heavy atom. The van der Waals surface area contributed by atoms with Gasteiger partial charge in [0.2, 0.25) is 0 Å². The van der Waals surface area contributed by atoms with Crippen LogP contribution in [0, 0.1) is 0 Å². The summed E-state index contributed by atoms with van der Waals surface area (Å²) >= 11 is 0. The highest BCUT2D eigenvalue weighted by atomic mass is 16.4. The first kappa shape index (κ1) is 50.9. The van der Waals surface area contributed by atoms with E-state index in [1.54, 1.807) is 24.3 Å². The Bertz CT molecular complexity index is 5110. The van der Waals surface area contributed by atoms with Crippen LogP contribution in [0.5, 0.6) is 0 Å². The molecule has 10 heteroatoms. The van der Waals surface area contributed by atoms with E-state index < -0.39 is 34.2 Å². The van der Waals surface area contributed by atoms with Crippen LogP contribution in [0.15, 0.2) is 165 Å². The molecule has 0 atom stereocenters. The second-order valence-corrected chi connectivity index (χ2v) is 24.4. The van der Waals surface area contributed by atoms with Crippen LogP contribution in [0.25, 0.3) is 141 Å². The number of hydrogen-bond donors (Lipinski definition) is 2. The quantitative estimate of drug-likeness (QED) is 0.153. The fourth-order valence-corrected chi connectivity index (χ4v) is 14.2. The maximum atomic E-state index is 14.9. The number of fused-ring (bicyclic) bond motifs is 10. The highest BCUT2D eigenvalue weighted by Gasteiger charge is 2.29. The molecule has 84 heavy (non-hydrogen) atoms. The number of benzene rings is 10. The van der Waals surface area contributed by atoms with Crippen molar-refractivity contribution in [2.24, 2.45) is 0 Å². The largest absolute Gasteiger partial charge is 0.478 e. The lowest BCUT2D eigenvalue weighted by Crippen LogP contribution is -2.34. The molecule has 13 aromatic carbocycles. The van der Waals surface area contributed by atoms with E-state index in [9.17, 15) is 39.0 Å². The summed E-state index contributed by atoms with van der Waals surface area (Å²) in [5.41, 5.74) is 1.99. The van der Waals surface area contributed by atoms with E-state index in [1.165, 1.54) is 9.13 Å². The average Bonchev–Trinajstić information content (AvgIpc) is 1.57. The molecule has 0 radical (unpaired) electrons. The van der Waals surface area contributed by atoms with Gasteiger partial charge in [0.05, 0.1) is 22.5 Å². The van der Waals surface area contributed by atoms with Gasteiger partial charge in [-0.3, -0.25) is 19.2 Å². The Morgan fingerprint density at radius 3 is 0.714 bits per heavy atom. The van der Waals surface area contributed by atoms with Gasteiger partial charge in [-0.05, 0) is 240 Å². The van der Waals surface area contributed by atoms with E-state index in [0.29, 0.717) is 65.9 Å². The number of carboxylic acids is 2. The van der Waals surface area contributed by atoms with Crippen molar-refractivity contribution in [1.29, 1.82) is 0 Å². The SMILES string of the molecule is CC(C)c1cc(C(=O)O)cc(C(C)C)c1-n1c(=O)c2ccc3c4cc5cc6ccc7cc8cc9c(cc8cc7ccc6cc5cc4c4ccc(c1=O)c2c34)c1ccc2c(=O)n(-c3c(C(C)C)cc(C(=O)O)cc3C(C)C)c(=O)c3ccc9c1c32. The van der Waals surface area contributed by atoms with Gasteiger partial charge in [0, 0.05) is 32.3 Å². The van der Waals surface area contributed by atoms with Crippen LogP contribution in [-0.4, -0.2) is 31.3 Å². The number of carbonyl (C=O) groups is 2. The van der Waals surface area contributed by atoms with Crippen LogP contribution in [-0.2, 0) is 0 Å². The molecule has 0 unspecified atom stereocenters. The molecule has 0 aliphatic carbocycles. The second kappa shape index (κ2) is 17.7. The molecule has 408 valence electrons. The van der Waals surface area contributed by atoms with E-state index in [4.69, 9.17) is 0 Å². The van der Waals surface area contributed by atoms with E-state index in [-0.39, 0.29) is 34.8 Å². The van der Waals surface area contributed by atoms with Gasteiger partial charge >= 0.3 is 11.9 Å². The van der Waals surface area contributed by atoms with E-state index in [1.807, 2.05) is 104 Å². The van der Waals surface area contributed by atoms with Crippen LogP contribution in [0.4, 0.5) is 0 Å². The maximum Gasteiger partial charge on any atom is 0.335 e. The Hall–Kier alpha value is -10.1. The third-order valence-corrected chi connectivity index (χ3v) is 18.2. The van der Waals surface area contributed by atoms with E-state index in [0.717, 1.165) is 97.0 Å². The molecule has 15 rings (SSSR count). The van der Waals surface area contributed by atoms with Crippen LogP contribution in [0.2, 0.25) is 0 Å². The molecular weight excluding hydrogens is 1040 g/mol. The first-order chi connectivity index (χ1) is 40.3. The molecule has 0 fully saturated rings. The number of pyridine rings is 2. The average molecular weight is 1100 g/mol. The Balaban J connectivity index is 0.866. The molecule has 0 spiro atoms. The van der Waals surface area contributed by atoms with Gasteiger partial charge in [-0.15, -0.1) is 0 Å². The molecule has 2 N–H and O–H groups in total. The minimum Gasteiger partial charge on any atom is -0.478 e. The highest BCUT2D eigenvalue weighted by Crippen LogP contribution is 2.46. The zero-order chi connectivity index (χ0) is 58.4. The fraction of sp³-hybridized carbons (Fsp3) is 0.162. The normalized spacial score (nSPS) is 12.6. The smallest absolute Gasteiger partial charge is 0.335 e. The lowest BCUT2D eigenvalue weighted by Gasteiger charge is -2.22.